The van der Waals surface area contributed by atoms with Crippen molar-refractivity contribution in [2.24, 2.45) is 10.2 Å². The summed E-state index contributed by atoms with van der Waals surface area (Å²) in [6.07, 6.45) is 0. The van der Waals surface area contributed by atoms with Crippen LogP contribution in [0, 0.1) is 0 Å². The molecular formula is C22H20N2O4. The van der Waals surface area contributed by atoms with Gasteiger partial charge >= 0.3 is 11.9 Å². The number of hydrogen-bond donors (Lipinski definition) is 0. The molecule has 0 radical (unpaired) electrons. The van der Waals surface area contributed by atoms with Crippen molar-refractivity contribution in [1.29, 1.82) is 0 Å². The molecule has 6 heteroatoms. The van der Waals surface area contributed by atoms with E-state index < -0.39 is 11.9 Å². The van der Waals surface area contributed by atoms with Crippen LogP contribution >= 0.6 is 0 Å². The molecule has 0 heterocycles. The molecule has 0 N–H and O–H groups in total. The fourth-order valence-corrected chi connectivity index (χ4v) is 2.77. The molecule has 0 spiro atoms. The van der Waals surface area contributed by atoms with E-state index in [0.29, 0.717) is 27.9 Å². The molecular weight excluding hydrogens is 356 g/mol. The van der Waals surface area contributed by atoms with Gasteiger partial charge in [-0.3, -0.25) is 0 Å². The Morgan fingerprint density at radius 2 is 1.18 bits per heavy atom. The lowest BCUT2D eigenvalue weighted by molar-refractivity contribution is 0.0525. The number of hydrogen-bond acceptors (Lipinski definition) is 6. The Balaban J connectivity index is 2.04. The first-order chi connectivity index (χ1) is 13.6. The SMILES string of the molecule is CCOC(=O)c1cc(C(=O)OCC)c2ccc(N=Nc3ccccc3)ccc1-2. The van der Waals surface area contributed by atoms with E-state index in [4.69, 9.17) is 9.47 Å². The second-order valence-corrected chi connectivity index (χ2v) is 5.87. The average Bonchev–Trinajstić information content (AvgIpc) is 2.94. The zero-order valence-corrected chi connectivity index (χ0v) is 15.7. The lowest BCUT2D eigenvalue weighted by Gasteiger charge is -2.02. The second kappa shape index (κ2) is 8.90. The van der Waals surface area contributed by atoms with Crippen molar-refractivity contribution >= 4 is 23.3 Å². The molecule has 142 valence electrons. The predicted molar refractivity (Wildman–Crippen MR) is 106 cm³/mol. The average molecular weight is 376 g/mol. The first kappa shape index (κ1) is 19.2. The zero-order valence-electron chi connectivity index (χ0n) is 15.7. The van der Waals surface area contributed by atoms with E-state index in [1.54, 1.807) is 38.1 Å². The van der Waals surface area contributed by atoms with Crippen LogP contribution in [-0.4, -0.2) is 25.2 Å². The maximum Gasteiger partial charge on any atom is 0.338 e. The van der Waals surface area contributed by atoms with Crippen molar-refractivity contribution < 1.29 is 19.1 Å². The standard InChI is InChI=1S/C22H20N2O4/c1-3-27-21(25)19-14-20(22(26)28-4-2)18-13-11-16(10-12-17(18)19)24-23-15-8-6-5-7-9-15/h5-14H,3-4H2,1-2H3. The highest BCUT2D eigenvalue weighted by atomic mass is 16.5. The molecule has 0 saturated carbocycles. The Morgan fingerprint density at radius 1 is 0.714 bits per heavy atom. The summed E-state index contributed by atoms with van der Waals surface area (Å²) < 4.78 is 10.2. The van der Waals surface area contributed by atoms with Crippen LogP contribution in [0.2, 0.25) is 0 Å². The lowest BCUT2D eigenvalue weighted by Crippen LogP contribution is -2.05. The minimum absolute atomic E-state index is 0.246. The van der Waals surface area contributed by atoms with Gasteiger partial charge in [-0.1, -0.05) is 30.3 Å². The summed E-state index contributed by atoms with van der Waals surface area (Å²) in [5.41, 5.74) is 3.16. The molecule has 2 aliphatic carbocycles. The van der Waals surface area contributed by atoms with Crippen LogP contribution < -0.4 is 0 Å². The maximum absolute atomic E-state index is 12.3. The van der Waals surface area contributed by atoms with Gasteiger partial charge in [-0.2, -0.15) is 10.2 Å². The van der Waals surface area contributed by atoms with Crippen LogP contribution in [0.3, 0.4) is 0 Å². The number of carbonyl (C=O) groups is 2. The summed E-state index contributed by atoms with van der Waals surface area (Å²) in [7, 11) is 0. The van der Waals surface area contributed by atoms with Gasteiger partial charge in [0.25, 0.3) is 0 Å². The van der Waals surface area contributed by atoms with E-state index in [0.717, 1.165) is 5.69 Å². The Morgan fingerprint density at radius 3 is 1.64 bits per heavy atom. The molecule has 1 aromatic rings. The molecule has 0 fully saturated rings. The Hall–Kier alpha value is -3.54. The topological polar surface area (TPSA) is 77.3 Å². The Bertz CT molecular complexity index is 930. The number of fused-ring (bicyclic) bond motifs is 1. The number of nitrogens with zero attached hydrogens (tertiary/aromatic N) is 2. The van der Waals surface area contributed by atoms with Gasteiger partial charge in [-0.15, -0.1) is 0 Å². The molecule has 3 rings (SSSR count). The van der Waals surface area contributed by atoms with Crippen LogP contribution in [0.5, 0.6) is 0 Å². The first-order valence-electron chi connectivity index (χ1n) is 9.01. The van der Waals surface area contributed by atoms with Gasteiger partial charge in [0.2, 0.25) is 0 Å². The summed E-state index contributed by atoms with van der Waals surface area (Å²) in [6.45, 7) is 3.96. The van der Waals surface area contributed by atoms with E-state index >= 15 is 0 Å². The third kappa shape index (κ3) is 4.23. The minimum atomic E-state index is -0.485. The molecule has 0 amide bonds. The summed E-state index contributed by atoms with van der Waals surface area (Å²) >= 11 is 0. The van der Waals surface area contributed by atoms with Crippen molar-refractivity contribution in [2.45, 2.75) is 13.8 Å². The number of ether oxygens (including phenoxy) is 2. The van der Waals surface area contributed by atoms with E-state index in [1.165, 1.54) is 6.07 Å². The summed E-state index contributed by atoms with van der Waals surface area (Å²) in [6, 6.07) is 17.8. The van der Waals surface area contributed by atoms with Crippen molar-refractivity contribution in [3.63, 3.8) is 0 Å². The quantitative estimate of drug-likeness (QED) is 0.417. The smallest absolute Gasteiger partial charge is 0.338 e. The second-order valence-electron chi connectivity index (χ2n) is 5.87. The number of rotatable bonds is 6. The third-order valence-corrected chi connectivity index (χ3v) is 4.03. The maximum atomic E-state index is 12.3. The number of carbonyl (C=O) groups excluding carboxylic acids is 2. The van der Waals surface area contributed by atoms with E-state index in [1.807, 2.05) is 30.3 Å². The van der Waals surface area contributed by atoms with Crippen molar-refractivity contribution in [2.75, 3.05) is 13.2 Å². The molecule has 0 saturated heterocycles. The van der Waals surface area contributed by atoms with Gasteiger partial charge in [0.05, 0.1) is 35.7 Å². The van der Waals surface area contributed by atoms with Crippen LogP contribution in [0.15, 0.2) is 70.9 Å². The Kier molecular flexibility index (Phi) is 6.11. The molecule has 0 aliphatic heterocycles. The predicted octanol–water partition coefficient (Wildman–Crippen LogP) is 5.56. The molecule has 28 heavy (non-hydrogen) atoms. The van der Waals surface area contributed by atoms with Gasteiger partial charge in [-0.05, 0) is 55.3 Å². The zero-order chi connectivity index (χ0) is 19.9. The van der Waals surface area contributed by atoms with Crippen LogP contribution in [0.25, 0.3) is 11.1 Å². The molecule has 0 bridgehead atoms. The van der Waals surface area contributed by atoms with E-state index in [-0.39, 0.29) is 13.2 Å². The minimum Gasteiger partial charge on any atom is -0.462 e. The fourth-order valence-electron chi connectivity index (χ4n) is 2.77. The number of benzene rings is 1. The molecule has 1 aromatic carbocycles. The van der Waals surface area contributed by atoms with Crippen molar-refractivity contribution in [1.82, 2.24) is 0 Å². The van der Waals surface area contributed by atoms with Crippen molar-refractivity contribution in [3.8, 4) is 11.1 Å². The largest absolute Gasteiger partial charge is 0.462 e. The van der Waals surface area contributed by atoms with Gasteiger partial charge in [0.15, 0.2) is 0 Å². The highest BCUT2D eigenvalue weighted by molar-refractivity contribution is 6.08. The van der Waals surface area contributed by atoms with Gasteiger partial charge in [0.1, 0.15) is 0 Å². The van der Waals surface area contributed by atoms with Gasteiger partial charge < -0.3 is 9.47 Å². The summed E-state index contributed by atoms with van der Waals surface area (Å²) in [4.78, 5) is 24.7. The summed E-state index contributed by atoms with van der Waals surface area (Å²) in [5, 5.41) is 8.43. The first-order valence-corrected chi connectivity index (χ1v) is 9.01. The lowest BCUT2D eigenvalue weighted by atomic mass is 10.1. The third-order valence-electron chi connectivity index (χ3n) is 4.03. The van der Waals surface area contributed by atoms with E-state index in [2.05, 4.69) is 10.2 Å². The monoisotopic (exact) mass is 376 g/mol. The number of esters is 2. The highest BCUT2D eigenvalue weighted by Crippen LogP contribution is 2.34. The molecule has 0 atom stereocenters. The van der Waals surface area contributed by atoms with Crippen LogP contribution in [-0.2, 0) is 9.47 Å². The molecule has 6 nitrogen and oxygen atoms in total. The summed E-state index contributed by atoms with van der Waals surface area (Å²) in [5.74, 6) is -0.969. The Labute approximate surface area is 163 Å². The van der Waals surface area contributed by atoms with Crippen LogP contribution in [0.4, 0.5) is 11.4 Å². The molecule has 2 aliphatic rings. The van der Waals surface area contributed by atoms with Gasteiger partial charge in [-0.25, -0.2) is 9.59 Å². The normalized spacial score (nSPS) is 10.9. The van der Waals surface area contributed by atoms with Crippen LogP contribution in [0.1, 0.15) is 34.6 Å². The van der Waals surface area contributed by atoms with E-state index in [9.17, 15) is 9.59 Å². The molecule has 0 unspecified atom stereocenters. The highest BCUT2D eigenvalue weighted by Gasteiger charge is 2.25. The molecule has 0 aromatic heterocycles. The fraction of sp³-hybridized carbons (Fsp3) is 0.182. The number of azo groups is 1. The van der Waals surface area contributed by atoms with Crippen molar-refractivity contribution in [3.05, 3.63) is 71.8 Å². The van der Waals surface area contributed by atoms with Gasteiger partial charge in [0, 0.05) is 0 Å².